The van der Waals surface area contributed by atoms with Gasteiger partial charge >= 0.3 is 0 Å². The molecule has 0 unspecified atom stereocenters. The van der Waals surface area contributed by atoms with Gasteiger partial charge < -0.3 is 20.5 Å². The number of carbonyl (C=O) groups is 1. The van der Waals surface area contributed by atoms with Gasteiger partial charge in [0.15, 0.2) is 0 Å². The van der Waals surface area contributed by atoms with E-state index in [1.807, 2.05) is 6.92 Å². The van der Waals surface area contributed by atoms with Crippen molar-refractivity contribution in [3.8, 4) is 5.75 Å². The maximum absolute atomic E-state index is 12.0. The third-order valence-corrected chi connectivity index (χ3v) is 2.98. The number of ether oxygens (including phenoxy) is 2. The van der Waals surface area contributed by atoms with E-state index in [1.54, 1.807) is 18.2 Å². The molecule has 0 saturated carbocycles. The number of unbranched alkanes of at least 4 members (excludes halogenated alkanes) is 1. The minimum absolute atomic E-state index is 0.127. The molecule has 0 aliphatic carbocycles. The highest BCUT2D eigenvalue weighted by Gasteiger charge is 2.08. The van der Waals surface area contributed by atoms with Crippen LogP contribution in [0.2, 0.25) is 0 Å². The van der Waals surface area contributed by atoms with E-state index in [0.29, 0.717) is 43.4 Å². The van der Waals surface area contributed by atoms with Gasteiger partial charge in [-0.25, -0.2) is 0 Å². The molecule has 0 atom stereocenters. The van der Waals surface area contributed by atoms with Crippen LogP contribution in [0, 0.1) is 0 Å². The van der Waals surface area contributed by atoms with Crippen molar-refractivity contribution in [2.75, 3.05) is 32.1 Å². The van der Waals surface area contributed by atoms with Crippen LogP contribution in [0.1, 0.15) is 43.5 Å². The SMILES string of the molecule is CCCCOc1ccc(C(=O)NCCCOCC)cc1N. The lowest BCUT2D eigenvalue weighted by molar-refractivity contribution is 0.0944. The first-order valence-electron chi connectivity index (χ1n) is 7.57. The largest absolute Gasteiger partial charge is 0.491 e. The topological polar surface area (TPSA) is 73.6 Å². The van der Waals surface area contributed by atoms with Crippen LogP contribution in [0.15, 0.2) is 18.2 Å². The summed E-state index contributed by atoms with van der Waals surface area (Å²) in [7, 11) is 0. The van der Waals surface area contributed by atoms with Crippen LogP contribution in [-0.2, 0) is 4.74 Å². The average Bonchev–Trinajstić information content (AvgIpc) is 2.48. The lowest BCUT2D eigenvalue weighted by atomic mass is 10.1. The Bertz CT molecular complexity index is 436. The molecule has 0 aromatic heterocycles. The summed E-state index contributed by atoms with van der Waals surface area (Å²) in [6, 6.07) is 5.13. The molecule has 0 fully saturated rings. The van der Waals surface area contributed by atoms with E-state index in [2.05, 4.69) is 12.2 Å². The number of amides is 1. The lowest BCUT2D eigenvalue weighted by Gasteiger charge is -2.10. The molecule has 1 aromatic carbocycles. The van der Waals surface area contributed by atoms with Gasteiger partial charge in [-0.2, -0.15) is 0 Å². The van der Waals surface area contributed by atoms with Crippen molar-refractivity contribution < 1.29 is 14.3 Å². The molecule has 1 aromatic rings. The van der Waals surface area contributed by atoms with Crippen molar-refractivity contribution in [2.45, 2.75) is 33.1 Å². The van der Waals surface area contributed by atoms with Crippen molar-refractivity contribution >= 4 is 11.6 Å². The van der Waals surface area contributed by atoms with Gasteiger partial charge in [-0.15, -0.1) is 0 Å². The zero-order valence-electron chi connectivity index (χ0n) is 13.0. The van der Waals surface area contributed by atoms with Crippen LogP contribution in [0.3, 0.4) is 0 Å². The molecule has 0 bridgehead atoms. The van der Waals surface area contributed by atoms with E-state index in [0.717, 1.165) is 19.3 Å². The molecule has 5 nitrogen and oxygen atoms in total. The summed E-state index contributed by atoms with van der Waals surface area (Å²) in [5.74, 6) is 0.509. The quantitative estimate of drug-likeness (QED) is 0.514. The van der Waals surface area contributed by atoms with Gasteiger partial charge in [0.2, 0.25) is 0 Å². The Morgan fingerprint density at radius 2 is 2.05 bits per heavy atom. The summed E-state index contributed by atoms with van der Waals surface area (Å²) < 4.78 is 10.8. The summed E-state index contributed by atoms with van der Waals surface area (Å²) in [4.78, 5) is 12.0. The van der Waals surface area contributed by atoms with Crippen LogP contribution in [0.25, 0.3) is 0 Å². The first-order chi connectivity index (χ1) is 10.2. The minimum atomic E-state index is -0.127. The molecule has 0 aliphatic heterocycles. The van der Waals surface area contributed by atoms with Crippen molar-refractivity contribution in [2.24, 2.45) is 0 Å². The number of carbonyl (C=O) groups excluding carboxylic acids is 1. The van der Waals surface area contributed by atoms with Gasteiger partial charge in [-0.1, -0.05) is 13.3 Å². The second-order valence-electron chi connectivity index (χ2n) is 4.76. The van der Waals surface area contributed by atoms with Gasteiger partial charge in [0.1, 0.15) is 5.75 Å². The number of nitrogen functional groups attached to an aromatic ring is 1. The summed E-state index contributed by atoms with van der Waals surface area (Å²) in [6.07, 6.45) is 2.86. The third-order valence-electron chi connectivity index (χ3n) is 2.98. The van der Waals surface area contributed by atoms with E-state index in [-0.39, 0.29) is 5.91 Å². The predicted molar refractivity (Wildman–Crippen MR) is 84.7 cm³/mol. The van der Waals surface area contributed by atoms with E-state index < -0.39 is 0 Å². The highest BCUT2D eigenvalue weighted by molar-refractivity contribution is 5.95. The number of benzene rings is 1. The Balaban J connectivity index is 2.44. The molecule has 0 aliphatic rings. The van der Waals surface area contributed by atoms with Gasteiger partial charge in [-0.05, 0) is 38.0 Å². The van der Waals surface area contributed by atoms with Crippen LogP contribution in [-0.4, -0.2) is 32.3 Å². The Kier molecular flexibility index (Phi) is 8.28. The van der Waals surface area contributed by atoms with Crippen molar-refractivity contribution in [3.63, 3.8) is 0 Å². The average molecular weight is 294 g/mol. The second-order valence-corrected chi connectivity index (χ2v) is 4.76. The van der Waals surface area contributed by atoms with E-state index in [9.17, 15) is 4.79 Å². The van der Waals surface area contributed by atoms with Crippen LogP contribution < -0.4 is 15.8 Å². The Hall–Kier alpha value is -1.75. The van der Waals surface area contributed by atoms with Crippen molar-refractivity contribution in [3.05, 3.63) is 23.8 Å². The smallest absolute Gasteiger partial charge is 0.251 e. The molecule has 0 spiro atoms. The molecular weight excluding hydrogens is 268 g/mol. The number of rotatable bonds is 10. The number of nitrogens with one attached hydrogen (secondary N) is 1. The Morgan fingerprint density at radius 1 is 1.24 bits per heavy atom. The highest BCUT2D eigenvalue weighted by atomic mass is 16.5. The third kappa shape index (κ3) is 6.49. The van der Waals surface area contributed by atoms with Gasteiger partial charge in [0, 0.05) is 25.3 Å². The predicted octanol–water partition coefficient (Wildman–Crippen LogP) is 2.60. The molecule has 5 heteroatoms. The zero-order chi connectivity index (χ0) is 15.5. The number of hydrogen-bond donors (Lipinski definition) is 2. The number of nitrogens with two attached hydrogens (primary N) is 1. The fraction of sp³-hybridized carbons (Fsp3) is 0.562. The molecule has 0 radical (unpaired) electrons. The maximum Gasteiger partial charge on any atom is 0.251 e. The molecular formula is C16H26N2O3. The van der Waals surface area contributed by atoms with Crippen molar-refractivity contribution in [1.29, 1.82) is 0 Å². The summed E-state index contributed by atoms with van der Waals surface area (Å²) in [5.41, 5.74) is 6.95. The molecule has 1 rings (SSSR count). The first kappa shape index (κ1) is 17.3. The Morgan fingerprint density at radius 3 is 2.71 bits per heavy atom. The van der Waals surface area contributed by atoms with Gasteiger partial charge in [0.25, 0.3) is 5.91 Å². The standard InChI is InChI=1S/C16H26N2O3/c1-3-5-11-21-15-8-7-13(12-14(15)17)16(19)18-9-6-10-20-4-2/h7-8,12H,3-6,9-11,17H2,1-2H3,(H,18,19). The van der Waals surface area contributed by atoms with E-state index in [1.165, 1.54) is 0 Å². The van der Waals surface area contributed by atoms with Crippen LogP contribution in [0.4, 0.5) is 5.69 Å². The summed E-state index contributed by atoms with van der Waals surface area (Å²) >= 11 is 0. The second kappa shape index (κ2) is 10.0. The summed E-state index contributed by atoms with van der Waals surface area (Å²) in [5, 5.41) is 2.84. The lowest BCUT2D eigenvalue weighted by Crippen LogP contribution is -2.25. The zero-order valence-corrected chi connectivity index (χ0v) is 13.0. The molecule has 0 saturated heterocycles. The number of anilines is 1. The molecule has 0 heterocycles. The first-order valence-corrected chi connectivity index (χ1v) is 7.57. The normalized spacial score (nSPS) is 10.4. The summed E-state index contributed by atoms with van der Waals surface area (Å²) in [6.45, 7) is 6.64. The van der Waals surface area contributed by atoms with Gasteiger partial charge in [-0.3, -0.25) is 4.79 Å². The van der Waals surface area contributed by atoms with E-state index in [4.69, 9.17) is 15.2 Å². The van der Waals surface area contributed by atoms with Crippen LogP contribution >= 0.6 is 0 Å². The molecule has 3 N–H and O–H groups in total. The molecule has 21 heavy (non-hydrogen) atoms. The maximum atomic E-state index is 12.0. The van der Waals surface area contributed by atoms with Crippen molar-refractivity contribution in [1.82, 2.24) is 5.32 Å². The van der Waals surface area contributed by atoms with E-state index >= 15 is 0 Å². The van der Waals surface area contributed by atoms with Crippen LogP contribution in [0.5, 0.6) is 5.75 Å². The fourth-order valence-electron chi connectivity index (χ4n) is 1.77. The molecule has 118 valence electrons. The monoisotopic (exact) mass is 294 g/mol. The fourth-order valence-corrected chi connectivity index (χ4v) is 1.77. The minimum Gasteiger partial charge on any atom is -0.491 e. The Labute approximate surface area is 126 Å². The van der Waals surface area contributed by atoms with Gasteiger partial charge in [0.05, 0.1) is 12.3 Å². The number of hydrogen-bond acceptors (Lipinski definition) is 4. The molecule has 1 amide bonds. The highest BCUT2D eigenvalue weighted by Crippen LogP contribution is 2.22.